The molecule has 82 valence electrons. The van der Waals surface area contributed by atoms with E-state index >= 15 is 0 Å². The average molecular weight is 205 g/mol. The third-order valence-corrected chi connectivity index (χ3v) is 3.37. The molecule has 0 bridgehead atoms. The molecule has 1 heterocycles. The lowest BCUT2D eigenvalue weighted by atomic mass is 9.70. The second-order valence-corrected chi connectivity index (χ2v) is 5.14. The van der Waals surface area contributed by atoms with Gasteiger partial charge in [0.1, 0.15) is 6.33 Å². The van der Waals surface area contributed by atoms with Gasteiger partial charge >= 0.3 is 0 Å². The maximum atomic E-state index is 6.48. The molecule has 1 aromatic heterocycles. The lowest BCUT2D eigenvalue weighted by Gasteiger charge is -2.40. The van der Waals surface area contributed by atoms with Crippen LogP contribution in [0.5, 0.6) is 0 Å². The number of hydrogen-bond acceptors (Lipinski definition) is 3. The molecular formula is C12H19N3. The molecule has 3 nitrogen and oxygen atoms in total. The van der Waals surface area contributed by atoms with E-state index in [4.69, 9.17) is 5.73 Å². The zero-order chi connectivity index (χ0) is 10.9. The van der Waals surface area contributed by atoms with Gasteiger partial charge in [0.15, 0.2) is 0 Å². The van der Waals surface area contributed by atoms with Crippen molar-refractivity contribution in [2.75, 3.05) is 0 Å². The van der Waals surface area contributed by atoms with Crippen LogP contribution < -0.4 is 5.73 Å². The van der Waals surface area contributed by atoms with Crippen LogP contribution in [0, 0.1) is 11.8 Å². The quantitative estimate of drug-likeness (QED) is 0.763. The van der Waals surface area contributed by atoms with Crippen LogP contribution in [-0.2, 0) is 5.54 Å². The zero-order valence-corrected chi connectivity index (χ0v) is 9.48. The largest absolute Gasteiger partial charge is 0.321 e. The molecule has 1 aliphatic rings. The van der Waals surface area contributed by atoms with Crippen LogP contribution in [0.15, 0.2) is 18.7 Å². The summed E-state index contributed by atoms with van der Waals surface area (Å²) in [6.07, 6.45) is 8.65. The molecule has 1 saturated carbocycles. The number of nitrogens with two attached hydrogens (primary N) is 1. The highest BCUT2D eigenvalue weighted by Gasteiger charge is 2.36. The van der Waals surface area contributed by atoms with Gasteiger partial charge in [0.25, 0.3) is 0 Å². The molecule has 0 spiro atoms. The zero-order valence-electron chi connectivity index (χ0n) is 9.48. The lowest BCUT2D eigenvalue weighted by Crippen LogP contribution is -2.43. The van der Waals surface area contributed by atoms with Gasteiger partial charge in [-0.15, -0.1) is 0 Å². The highest BCUT2D eigenvalue weighted by atomic mass is 14.8. The molecule has 1 fully saturated rings. The van der Waals surface area contributed by atoms with Crippen molar-refractivity contribution in [2.45, 2.75) is 38.6 Å². The van der Waals surface area contributed by atoms with Gasteiger partial charge in [0.2, 0.25) is 0 Å². The number of rotatable bonds is 1. The minimum Gasteiger partial charge on any atom is -0.321 e. The van der Waals surface area contributed by atoms with Crippen LogP contribution in [0.25, 0.3) is 0 Å². The van der Waals surface area contributed by atoms with Crippen LogP contribution in [0.4, 0.5) is 0 Å². The summed E-state index contributed by atoms with van der Waals surface area (Å²) in [6.45, 7) is 4.56. The molecule has 0 saturated heterocycles. The van der Waals surface area contributed by atoms with Gasteiger partial charge in [-0.05, 0) is 31.1 Å². The summed E-state index contributed by atoms with van der Waals surface area (Å²) in [4.78, 5) is 8.13. The van der Waals surface area contributed by atoms with Gasteiger partial charge in [-0.25, -0.2) is 9.97 Å². The van der Waals surface area contributed by atoms with Crippen molar-refractivity contribution in [2.24, 2.45) is 17.6 Å². The Morgan fingerprint density at radius 3 is 2.27 bits per heavy atom. The smallest absolute Gasteiger partial charge is 0.115 e. The van der Waals surface area contributed by atoms with Crippen LogP contribution in [-0.4, -0.2) is 9.97 Å². The Labute approximate surface area is 91.1 Å². The summed E-state index contributed by atoms with van der Waals surface area (Å²) in [5, 5.41) is 0. The molecule has 1 aromatic rings. The van der Waals surface area contributed by atoms with Crippen molar-refractivity contribution in [1.82, 2.24) is 9.97 Å². The molecule has 0 aliphatic heterocycles. The highest BCUT2D eigenvalue weighted by molar-refractivity contribution is 5.18. The lowest BCUT2D eigenvalue weighted by molar-refractivity contribution is 0.183. The van der Waals surface area contributed by atoms with Crippen molar-refractivity contribution in [3.05, 3.63) is 24.3 Å². The molecule has 2 rings (SSSR count). The van der Waals surface area contributed by atoms with E-state index in [9.17, 15) is 0 Å². The van der Waals surface area contributed by atoms with E-state index in [1.54, 1.807) is 6.33 Å². The van der Waals surface area contributed by atoms with Crippen molar-refractivity contribution >= 4 is 0 Å². The molecule has 15 heavy (non-hydrogen) atoms. The van der Waals surface area contributed by atoms with Crippen LogP contribution in [0.2, 0.25) is 0 Å². The summed E-state index contributed by atoms with van der Waals surface area (Å²) < 4.78 is 0. The highest BCUT2D eigenvalue weighted by Crippen LogP contribution is 2.40. The fourth-order valence-electron chi connectivity index (χ4n) is 2.97. The summed E-state index contributed by atoms with van der Waals surface area (Å²) in [5.74, 6) is 1.39. The Morgan fingerprint density at radius 2 is 1.73 bits per heavy atom. The van der Waals surface area contributed by atoms with Gasteiger partial charge in [-0.2, -0.15) is 0 Å². The molecule has 2 unspecified atom stereocenters. The molecule has 1 aliphatic carbocycles. The number of hydrogen-bond donors (Lipinski definition) is 1. The third-order valence-electron chi connectivity index (χ3n) is 3.37. The van der Waals surface area contributed by atoms with Crippen LogP contribution >= 0.6 is 0 Å². The predicted octanol–water partition coefficient (Wildman–Crippen LogP) is 2.09. The Bertz CT molecular complexity index is 313. The number of nitrogens with zero attached hydrogens (tertiary/aromatic N) is 2. The Balaban J connectivity index is 2.26. The average Bonchev–Trinajstić information content (AvgIpc) is 2.17. The minimum atomic E-state index is -0.210. The Hall–Kier alpha value is -0.960. The predicted molar refractivity (Wildman–Crippen MR) is 60.1 cm³/mol. The first-order valence-electron chi connectivity index (χ1n) is 5.64. The van der Waals surface area contributed by atoms with Crippen molar-refractivity contribution < 1.29 is 0 Å². The molecule has 0 aromatic carbocycles. The van der Waals surface area contributed by atoms with Crippen LogP contribution in [0.3, 0.4) is 0 Å². The standard InChI is InChI=1S/C12H19N3/c1-9-3-10(2)5-12(13,4-9)11-6-14-8-15-7-11/h6-10H,3-5,13H2,1-2H3. The SMILES string of the molecule is CC1CC(C)CC(N)(c2cncnc2)C1. The Morgan fingerprint density at radius 1 is 1.20 bits per heavy atom. The first-order valence-corrected chi connectivity index (χ1v) is 5.64. The van der Waals surface area contributed by atoms with Crippen LogP contribution in [0.1, 0.15) is 38.7 Å². The molecule has 0 radical (unpaired) electrons. The van der Waals surface area contributed by atoms with Gasteiger partial charge in [0, 0.05) is 23.5 Å². The second-order valence-electron chi connectivity index (χ2n) is 5.14. The van der Waals surface area contributed by atoms with E-state index in [0.717, 1.165) is 18.4 Å². The van der Waals surface area contributed by atoms with Gasteiger partial charge < -0.3 is 5.73 Å². The second kappa shape index (κ2) is 3.89. The van der Waals surface area contributed by atoms with Crippen molar-refractivity contribution in [1.29, 1.82) is 0 Å². The molecule has 0 amide bonds. The summed E-state index contributed by atoms with van der Waals surface area (Å²) in [7, 11) is 0. The summed E-state index contributed by atoms with van der Waals surface area (Å²) in [5.41, 5.74) is 7.36. The fraction of sp³-hybridized carbons (Fsp3) is 0.667. The maximum absolute atomic E-state index is 6.48. The monoisotopic (exact) mass is 205 g/mol. The fourth-order valence-corrected chi connectivity index (χ4v) is 2.97. The number of aromatic nitrogens is 2. The summed E-state index contributed by atoms with van der Waals surface area (Å²) >= 11 is 0. The summed E-state index contributed by atoms with van der Waals surface area (Å²) in [6, 6.07) is 0. The minimum absolute atomic E-state index is 0.210. The normalized spacial score (nSPS) is 36.5. The van der Waals surface area contributed by atoms with Crippen molar-refractivity contribution in [3.63, 3.8) is 0 Å². The molecule has 3 heteroatoms. The van der Waals surface area contributed by atoms with E-state index in [2.05, 4.69) is 23.8 Å². The van der Waals surface area contributed by atoms with E-state index in [1.165, 1.54) is 6.42 Å². The van der Waals surface area contributed by atoms with Crippen molar-refractivity contribution in [3.8, 4) is 0 Å². The Kier molecular flexibility index (Phi) is 2.74. The van der Waals surface area contributed by atoms with Gasteiger partial charge in [-0.3, -0.25) is 0 Å². The molecule has 2 atom stereocenters. The third kappa shape index (κ3) is 2.17. The van der Waals surface area contributed by atoms with E-state index < -0.39 is 0 Å². The van der Waals surface area contributed by atoms with Gasteiger partial charge in [0.05, 0.1) is 0 Å². The molecular weight excluding hydrogens is 186 g/mol. The topological polar surface area (TPSA) is 51.8 Å². The van der Waals surface area contributed by atoms with Gasteiger partial charge in [-0.1, -0.05) is 13.8 Å². The maximum Gasteiger partial charge on any atom is 0.115 e. The first kappa shape index (κ1) is 10.6. The van der Waals surface area contributed by atoms with E-state index in [1.807, 2.05) is 12.4 Å². The van der Waals surface area contributed by atoms with E-state index in [0.29, 0.717) is 11.8 Å². The first-order chi connectivity index (χ1) is 7.10. The molecule has 2 N–H and O–H groups in total. The van der Waals surface area contributed by atoms with E-state index in [-0.39, 0.29) is 5.54 Å².